The van der Waals surface area contributed by atoms with Crippen molar-refractivity contribution in [3.8, 4) is 0 Å². The van der Waals surface area contributed by atoms with Gasteiger partial charge in [-0.2, -0.15) is 0 Å². The second kappa shape index (κ2) is 3.72. The van der Waals surface area contributed by atoms with Crippen molar-refractivity contribution in [3.63, 3.8) is 0 Å². The molecule has 0 saturated heterocycles. The summed E-state index contributed by atoms with van der Waals surface area (Å²) in [6, 6.07) is 6.81. The number of aryl methyl sites for hydroxylation is 1. The molecule has 0 unspecified atom stereocenters. The van der Waals surface area contributed by atoms with Crippen molar-refractivity contribution in [2.24, 2.45) is 0 Å². The number of benzene rings is 1. The van der Waals surface area contributed by atoms with Crippen LogP contribution < -0.4 is 11.4 Å². The number of anilines is 1. The lowest BCUT2D eigenvalue weighted by molar-refractivity contribution is 0.562. The fourth-order valence-corrected chi connectivity index (χ4v) is 1.36. The van der Waals surface area contributed by atoms with Crippen LogP contribution in [0.1, 0.15) is 5.56 Å². The second-order valence-corrected chi connectivity index (χ2v) is 3.03. The first kappa shape index (κ1) is 10.6. The normalized spacial score (nSPS) is 9.79. The summed E-state index contributed by atoms with van der Waals surface area (Å²) in [5, 5.41) is 0.858. The van der Waals surface area contributed by atoms with Crippen LogP contribution in [0.2, 0.25) is 0 Å². The zero-order valence-corrected chi connectivity index (χ0v) is 8.43. The van der Waals surface area contributed by atoms with Gasteiger partial charge in [0.1, 0.15) is 0 Å². The highest BCUT2D eigenvalue weighted by Crippen LogP contribution is 2.20. The van der Waals surface area contributed by atoms with E-state index in [0.717, 1.165) is 10.9 Å². The molecule has 2 rings (SSSR count). The number of halogens is 1. The first-order valence-corrected chi connectivity index (χ1v) is 3.97. The summed E-state index contributed by atoms with van der Waals surface area (Å²) >= 11 is 0. The van der Waals surface area contributed by atoms with E-state index in [4.69, 9.17) is 10.2 Å². The minimum absolute atomic E-state index is 0. The lowest BCUT2D eigenvalue weighted by Gasteiger charge is -2.00. The summed E-state index contributed by atoms with van der Waals surface area (Å²) in [5.41, 5.74) is 7.35. The number of nitrogens with two attached hydrogens (primary N) is 1. The quantitative estimate of drug-likeness (QED) is 0.536. The molecule has 0 amide bonds. The van der Waals surface area contributed by atoms with Gasteiger partial charge < -0.3 is 10.2 Å². The van der Waals surface area contributed by atoms with Gasteiger partial charge in [-0.3, -0.25) is 0 Å². The third-order valence-electron chi connectivity index (χ3n) is 1.89. The molecule has 2 N–H and O–H groups in total. The van der Waals surface area contributed by atoms with Crippen LogP contribution in [-0.4, -0.2) is 0 Å². The molecule has 0 saturated carbocycles. The van der Waals surface area contributed by atoms with Crippen LogP contribution in [0.3, 0.4) is 0 Å². The van der Waals surface area contributed by atoms with Crippen molar-refractivity contribution in [1.82, 2.24) is 0 Å². The van der Waals surface area contributed by atoms with Crippen molar-refractivity contribution >= 4 is 29.1 Å². The summed E-state index contributed by atoms with van der Waals surface area (Å²) in [6.07, 6.45) is 0. The number of hydrogen-bond donors (Lipinski definition) is 1. The smallest absolute Gasteiger partial charge is 0.336 e. The topological polar surface area (TPSA) is 56.2 Å². The molecule has 0 radical (unpaired) electrons. The molecular formula is C10H10ClNO2. The second-order valence-electron chi connectivity index (χ2n) is 3.03. The number of nitrogen functional groups attached to an aromatic ring is 1. The summed E-state index contributed by atoms with van der Waals surface area (Å²) in [7, 11) is 0. The van der Waals surface area contributed by atoms with Gasteiger partial charge in [0.2, 0.25) is 0 Å². The summed E-state index contributed by atoms with van der Waals surface area (Å²) in [4.78, 5) is 10.9. The molecule has 2 aromatic rings. The Hall–Kier alpha value is -1.48. The molecule has 1 heterocycles. The van der Waals surface area contributed by atoms with Crippen molar-refractivity contribution in [1.29, 1.82) is 0 Å². The first-order valence-electron chi connectivity index (χ1n) is 3.97. The minimum atomic E-state index is -0.372. The monoisotopic (exact) mass is 211 g/mol. The molecule has 0 spiro atoms. The summed E-state index contributed by atoms with van der Waals surface area (Å²) in [5.74, 6) is 0. The predicted octanol–water partition coefficient (Wildman–Crippen LogP) is 2.11. The van der Waals surface area contributed by atoms with E-state index < -0.39 is 0 Å². The maximum atomic E-state index is 10.9. The average Bonchev–Trinajstić information content (AvgIpc) is 2.06. The Morgan fingerprint density at radius 1 is 1.29 bits per heavy atom. The fraction of sp³-hybridized carbons (Fsp3) is 0.100. The Labute approximate surface area is 86.9 Å². The average molecular weight is 212 g/mol. The van der Waals surface area contributed by atoms with Crippen molar-refractivity contribution in [2.75, 3.05) is 5.73 Å². The maximum Gasteiger partial charge on any atom is 0.336 e. The van der Waals surface area contributed by atoms with Crippen LogP contribution in [-0.2, 0) is 0 Å². The molecule has 1 aromatic carbocycles. The third-order valence-corrected chi connectivity index (χ3v) is 1.89. The van der Waals surface area contributed by atoms with Gasteiger partial charge >= 0.3 is 5.63 Å². The summed E-state index contributed by atoms with van der Waals surface area (Å²) in [6.45, 7) is 1.95. The first-order chi connectivity index (χ1) is 6.16. The van der Waals surface area contributed by atoms with Crippen LogP contribution in [0.25, 0.3) is 11.0 Å². The van der Waals surface area contributed by atoms with E-state index in [2.05, 4.69) is 0 Å². The SMILES string of the molecule is Cc1cc(N)c2oc(=O)ccc2c1.Cl. The van der Waals surface area contributed by atoms with Gasteiger partial charge in [0.05, 0.1) is 5.69 Å². The maximum absolute atomic E-state index is 10.9. The van der Waals surface area contributed by atoms with E-state index in [9.17, 15) is 4.79 Å². The predicted molar refractivity (Wildman–Crippen MR) is 58.9 cm³/mol. The number of rotatable bonds is 0. The molecule has 3 nitrogen and oxygen atoms in total. The standard InChI is InChI=1S/C10H9NO2.ClH/c1-6-4-7-2-3-9(12)13-10(7)8(11)5-6;/h2-5H,11H2,1H3;1H. The Balaban J connectivity index is 0.000000980. The molecular weight excluding hydrogens is 202 g/mol. The zero-order chi connectivity index (χ0) is 9.42. The lowest BCUT2D eigenvalue weighted by atomic mass is 10.1. The lowest BCUT2D eigenvalue weighted by Crippen LogP contribution is -1.97. The largest absolute Gasteiger partial charge is 0.421 e. The van der Waals surface area contributed by atoms with Crippen molar-refractivity contribution in [3.05, 3.63) is 40.2 Å². The van der Waals surface area contributed by atoms with Crippen LogP contribution in [0.5, 0.6) is 0 Å². The van der Waals surface area contributed by atoms with E-state index in [1.54, 1.807) is 12.1 Å². The summed E-state index contributed by atoms with van der Waals surface area (Å²) < 4.78 is 4.97. The van der Waals surface area contributed by atoms with Gasteiger partial charge in [-0.25, -0.2) is 4.79 Å². The van der Waals surface area contributed by atoms with Gasteiger partial charge in [0, 0.05) is 11.5 Å². The molecule has 0 aliphatic heterocycles. The third kappa shape index (κ3) is 1.72. The van der Waals surface area contributed by atoms with Gasteiger partial charge in [-0.15, -0.1) is 12.4 Å². The highest BCUT2D eigenvalue weighted by Gasteiger charge is 2.01. The Kier molecular flexibility index (Phi) is 2.81. The zero-order valence-electron chi connectivity index (χ0n) is 7.61. The van der Waals surface area contributed by atoms with Gasteiger partial charge in [-0.05, 0) is 30.7 Å². The molecule has 0 bridgehead atoms. The fourth-order valence-electron chi connectivity index (χ4n) is 1.36. The molecule has 0 aliphatic carbocycles. The number of hydrogen-bond acceptors (Lipinski definition) is 3. The Morgan fingerprint density at radius 3 is 2.71 bits per heavy atom. The highest BCUT2D eigenvalue weighted by molar-refractivity contribution is 5.87. The van der Waals surface area contributed by atoms with Gasteiger partial charge in [0.25, 0.3) is 0 Å². The van der Waals surface area contributed by atoms with Crippen LogP contribution in [0.15, 0.2) is 33.5 Å². The van der Waals surface area contributed by atoms with Crippen molar-refractivity contribution < 1.29 is 4.42 Å². The number of fused-ring (bicyclic) bond motifs is 1. The van der Waals surface area contributed by atoms with E-state index >= 15 is 0 Å². The van der Waals surface area contributed by atoms with E-state index in [1.165, 1.54) is 6.07 Å². The molecule has 0 aliphatic rings. The Morgan fingerprint density at radius 2 is 2.00 bits per heavy atom. The van der Waals surface area contributed by atoms with Crippen LogP contribution in [0.4, 0.5) is 5.69 Å². The highest BCUT2D eigenvalue weighted by atomic mass is 35.5. The molecule has 0 fully saturated rings. The molecule has 74 valence electrons. The van der Waals surface area contributed by atoms with E-state index in [-0.39, 0.29) is 18.0 Å². The van der Waals surface area contributed by atoms with E-state index in [1.807, 2.05) is 13.0 Å². The molecule has 0 atom stereocenters. The van der Waals surface area contributed by atoms with Crippen LogP contribution in [0, 0.1) is 6.92 Å². The van der Waals surface area contributed by atoms with Gasteiger partial charge in [0.15, 0.2) is 5.58 Å². The molecule has 14 heavy (non-hydrogen) atoms. The molecule has 1 aromatic heterocycles. The van der Waals surface area contributed by atoms with E-state index in [0.29, 0.717) is 11.3 Å². The van der Waals surface area contributed by atoms with Gasteiger partial charge in [-0.1, -0.05) is 0 Å². The Bertz CT molecular complexity index is 519. The van der Waals surface area contributed by atoms with Crippen molar-refractivity contribution in [2.45, 2.75) is 6.92 Å². The minimum Gasteiger partial charge on any atom is -0.421 e. The molecule has 4 heteroatoms. The van der Waals surface area contributed by atoms with Crippen LogP contribution >= 0.6 is 12.4 Å².